The maximum Gasteiger partial charge on any atom is 0.225 e. The molecule has 1 fully saturated rings. The topological polar surface area (TPSA) is 46.3 Å². The summed E-state index contributed by atoms with van der Waals surface area (Å²) in [6.07, 6.45) is 5.20. The molecule has 3 nitrogen and oxygen atoms in total. The normalized spacial score (nSPS) is 22.0. The van der Waals surface area contributed by atoms with Gasteiger partial charge >= 0.3 is 0 Å². The van der Waals surface area contributed by atoms with Crippen molar-refractivity contribution in [2.75, 3.05) is 19.6 Å². The van der Waals surface area contributed by atoms with E-state index in [9.17, 15) is 4.79 Å². The Morgan fingerprint density at radius 3 is 2.43 bits per heavy atom. The van der Waals surface area contributed by atoms with Gasteiger partial charge in [0.2, 0.25) is 5.91 Å². The van der Waals surface area contributed by atoms with Crippen LogP contribution in [-0.4, -0.2) is 30.4 Å². The Morgan fingerprint density at radius 2 is 1.86 bits per heavy atom. The van der Waals surface area contributed by atoms with Crippen LogP contribution < -0.4 is 5.73 Å². The van der Waals surface area contributed by atoms with Crippen LogP contribution in [0.25, 0.3) is 0 Å². The zero-order valence-corrected chi connectivity index (χ0v) is 13.1. The number of amides is 1. The summed E-state index contributed by atoms with van der Waals surface area (Å²) >= 11 is 0. The first-order valence-electron chi connectivity index (χ1n) is 8.27. The SMILES string of the molecule is CCN(CCc1ccccc1)C(=O)C1CCC(CN)CC1. The lowest BCUT2D eigenvalue weighted by atomic mass is 9.81. The van der Waals surface area contributed by atoms with E-state index in [0.29, 0.717) is 11.8 Å². The van der Waals surface area contributed by atoms with Crippen LogP contribution in [0.3, 0.4) is 0 Å². The van der Waals surface area contributed by atoms with Crippen molar-refractivity contribution in [1.29, 1.82) is 0 Å². The highest BCUT2D eigenvalue weighted by Crippen LogP contribution is 2.29. The Kier molecular flexibility index (Phi) is 6.24. The van der Waals surface area contributed by atoms with E-state index >= 15 is 0 Å². The minimum atomic E-state index is 0.225. The molecule has 0 heterocycles. The zero-order chi connectivity index (χ0) is 15.1. The van der Waals surface area contributed by atoms with Gasteiger partial charge in [-0.15, -0.1) is 0 Å². The average molecular weight is 288 g/mol. The summed E-state index contributed by atoms with van der Waals surface area (Å²) in [6.45, 7) is 4.49. The van der Waals surface area contributed by atoms with Gasteiger partial charge in [-0.1, -0.05) is 30.3 Å². The molecule has 0 saturated heterocycles. The molecule has 1 aromatic rings. The number of likely N-dealkylation sites (N-methyl/N-ethyl adjacent to an activating group) is 1. The molecule has 116 valence electrons. The largest absolute Gasteiger partial charge is 0.342 e. The van der Waals surface area contributed by atoms with E-state index in [0.717, 1.165) is 51.7 Å². The molecule has 21 heavy (non-hydrogen) atoms. The van der Waals surface area contributed by atoms with Crippen LogP contribution in [0.2, 0.25) is 0 Å². The highest BCUT2D eigenvalue weighted by atomic mass is 16.2. The lowest BCUT2D eigenvalue weighted by Crippen LogP contribution is -2.39. The molecule has 1 saturated carbocycles. The van der Waals surface area contributed by atoms with Crippen molar-refractivity contribution < 1.29 is 4.79 Å². The van der Waals surface area contributed by atoms with Gasteiger partial charge in [-0.25, -0.2) is 0 Å². The summed E-state index contributed by atoms with van der Waals surface area (Å²) in [4.78, 5) is 14.7. The van der Waals surface area contributed by atoms with E-state index in [-0.39, 0.29) is 5.92 Å². The molecule has 2 rings (SSSR count). The van der Waals surface area contributed by atoms with Gasteiger partial charge in [-0.3, -0.25) is 4.79 Å². The van der Waals surface area contributed by atoms with Gasteiger partial charge in [0, 0.05) is 19.0 Å². The number of benzene rings is 1. The summed E-state index contributed by atoms with van der Waals surface area (Å²) in [6, 6.07) is 10.4. The maximum absolute atomic E-state index is 12.6. The second-order valence-corrected chi connectivity index (χ2v) is 6.11. The van der Waals surface area contributed by atoms with Crippen LogP contribution in [0.15, 0.2) is 30.3 Å². The molecule has 0 spiro atoms. The van der Waals surface area contributed by atoms with E-state index in [1.807, 2.05) is 11.0 Å². The molecule has 0 aromatic heterocycles. The highest BCUT2D eigenvalue weighted by molar-refractivity contribution is 5.78. The Labute approximate surface area is 128 Å². The first-order chi connectivity index (χ1) is 10.2. The van der Waals surface area contributed by atoms with Crippen LogP contribution in [0.1, 0.15) is 38.2 Å². The van der Waals surface area contributed by atoms with Gasteiger partial charge in [0.25, 0.3) is 0 Å². The number of nitrogens with two attached hydrogens (primary N) is 1. The molecule has 0 aliphatic heterocycles. The minimum Gasteiger partial charge on any atom is -0.342 e. The lowest BCUT2D eigenvalue weighted by Gasteiger charge is -2.31. The highest BCUT2D eigenvalue weighted by Gasteiger charge is 2.28. The van der Waals surface area contributed by atoms with E-state index in [1.54, 1.807) is 0 Å². The van der Waals surface area contributed by atoms with Crippen molar-refractivity contribution in [3.05, 3.63) is 35.9 Å². The molecule has 0 radical (unpaired) electrons. The molecular weight excluding hydrogens is 260 g/mol. The van der Waals surface area contributed by atoms with Crippen LogP contribution in [0, 0.1) is 11.8 Å². The minimum absolute atomic E-state index is 0.225. The number of hydrogen-bond acceptors (Lipinski definition) is 2. The van der Waals surface area contributed by atoms with Crippen LogP contribution in [0.5, 0.6) is 0 Å². The van der Waals surface area contributed by atoms with Crippen LogP contribution >= 0.6 is 0 Å². The molecule has 1 aliphatic rings. The number of rotatable bonds is 6. The molecule has 1 amide bonds. The predicted molar refractivity (Wildman–Crippen MR) is 86.9 cm³/mol. The number of carbonyl (C=O) groups excluding carboxylic acids is 1. The van der Waals surface area contributed by atoms with E-state index in [2.05, 4.69) is 31.2 Å². The fraction of sp³-hybridized carbons (Fsp3) is 0.611. The standard InChI is InChI=1S/C18H28N2O/c1-2-20(13-12-15-6-4-3-5-7-15)18(21)17-10-8-16(14-19)9-11-17/h3-7,16-17H,2,8-14,19H2,1H3. The molecular formula is C18H28N2O. The second-order valence-electron chi connectivity index (χ2n) is 6.11. The Hall–Kier alpha value is -1.35. The second kappa shape index (κ2) is 8.18. The van der Waals surface area contributed by atoms with Crippen molar-refractivity contribution in [3.8, 4) is 0 Å². The van der Waals surface area contributed by atoms with Crippen LogP contribution in [-0.2, 0) is 11.2 Å². The predicted octanol–water partition coefficient (Wildman–Crippen LogP) is 2.84. The third-order valence-corrected chi connectivity index (χ3v) is 4.74. The fourth-order valence-corrected chi connectivity index (χ4v) is 3.24. The van der Waals surface area contributed by atoms with E-state index in [1.165, 1.54) is 5.56 Å². The lowest BCUT2D eigenvalue weighted by molar-refractivity contribution is -0.136. The van der Waals surface area contributed by atoms with Gasteiger partial charge in [-0.05, 0) is 57.1 Å². The quantitative estimate of drug-likeness (QED) is 0.875. The van der Waals surface area contributed by atoms with Gasteiger partial charge < -0.3 is 10.6 Å². The summed E-state index contributed by atoms with van der Waals surface area (Å²) in [5, 5.41) is 0. The Balaban J connectivity index is 1.84. The molecule has 0 atom stereocenters. The summed E-state index contributed by atoms with van der Waals surface area (Å²) in [7, 11) is 0. The van der Waals surface area contributed by atoms with Crippen molar-refractivity contribution >= 4 is 5.91 Å². The molecule has 2 N–H and O–H groups in total. The third kappa shape index (κ3) is 4.57. The smallest absolute Gasteiger partial charge is 0.225 e. The van der Waals surface area contributed by atoms with Gasteiger partial charge in [-0.2, -0.15) is 0 Å². The van der Waals surface area contributed by atoms with E-state index in [4.69, 9.17) is 5.73 Å². The third-order valence-electron chi connectivity index (χ3n) is 4.74. The number of nitrogens with zero attached hydrogens (tertiary/aromatic N) is 1. The molecule has 1 aromatic carbocycles. The molecule has 0 bridgehead atoms. The van der Waals surface area contributed by atoms with Crippen LogP contribution in [0.4, 0.5) is 0 Å². The van der Waals surface area contributed by atoms with Crippen molar-refractivity contribution in [1.82, 2.24) is 4.90 Å². The summed E-state index contributed by atoms with van der Waals surface area (Å²) in [5.74, 6) is 1.21. The fourth-order valence-electron chi connectivity index (χ4n) is 3.24. The summed E-state index contributed by atoms with van der Waals surface area (Å²) in [5.41, 5.74) is 7.03. The van der Waals surface area contributed by atoms with Crippen molar-refractivity contribution in [3.63, 3.8) is 0 Å². The van der Waals surface area contributed by atoms with Crippen molar-refractivity contribution in [2.45, 2.75) is 39.0 Å². The average Bonchev–Trinajstić information content (AvgIpc) is 2.56. The van der Waals surface area contributed by atoms with Gasteiger partial charge in [0.1, 0.15) is 0 Å². The Morgan fingerprint density at radius 1 is 1.19 bits per heavy atom. The van der Waals surface area contributed by atoms with Gasteiger partial charge in [0.15, 0.2) is 0 Å². The monoisotopic (exact) mass is 288 g/mol. The van der Waals surface area contributed by atoms with Gasteiger partial charge in [0.05, 0.1) is 0 Å². The maximum atomic E-state index is 12.6. The first kappa shape index (κ1) is 16.0. The zero-order valence-electron chi connectivity index (χ0n) is 13.1. The van der Waals surface area contributed by atoms with E-state index < -0.39 is 0 Å². The molecule has 3 heteroatoms. The first-order valence-corrected chi connectivity index (χ1v) is 8.27. The molecule has 1 aliphatic carbocycles. The Bertz CT molecular complexity index is 424. The number of hydrogen-bond donors (Lipinski definition) is 1. The molecule has 0 unspecified atom stereocenters. The van der Waals surface area contributed by atoms with Crippen molar-refractivity contribution in [2.24, 2.45) is 17.6 Å². The summed E-state index contributed by atoms with van der Waals surface area (Å²) < 4.78 is 0. The number of carbonyl (C=O) groups is 1.